The normalized spacial score (nSPS) is 11.5. The molecule has 6 heteroatoms. The summed E-state index contributed by atoms with van der Waals surface area (Å²) < 4.78 is 11.5. The summed E-state index contributed by atoms with van der Waals surface area (Å²) in [6.07, 6.45) is 15.5. The number of hydrogen-bond donors (Lipinski definition) is 0. The van der Waals surface area contributed by atoms with Crippen LogP contribution in [0.3, 0.4) is 0 Å². The van der Waals surface area contributed by atoms with Crippen LogP contribution in [0.25, 0.3) is 0 Å². The van der Waals surface area contributed by atoms with Gasteiger partial charge >= 0.3 is 0 Å². The van der Waals surface area contributed by atoms with Crippen LogP contribution >= 0.6 is 11.3 Å². The predicted octanol–water partition coefficient (Wildman–Crippen LogP) is 7.05. The molecule has 0 unspecified atom stereocenters. The van der Waals surface area contributed by atoms with Crippen molar-refractivity contribution in [2.75, 3.05) is 20.3 Å². The van der Waals surface area contributed by atoms with Crippen LogP contribution < -0.4 is 9.47 Å². The second kappa shape index (κ2) is 15.5. The molecule has 1 aromatic carbocycles. The van der Waals surface area contributed by atoms with E-state index in [2.05, 4.69) is 41.0 Å². The molecule has 0 bridgehead atoms. The van der Waals surface area contributed by atoms with Crippen molar-refractivity contribution in [2.24, 2.45) is 5.16 Å². The highest BCUT2D eigenvalue weighted by Gasteiger charge is 2.06. The Morgan fingerprint density at radius 1 is 0.969 bits per heavy atom. The molecule has 176 valence electrons. The van der Waals surface area contributed by atoms with Crippen molar-refractivity contribution in [3.63, 3.8) is 0 Å². The van der Waals surface area contributed by atoms with Crippen LogP contribution in [0.1, 0.15) is 74.3 Å². The average molecular weight is 459 g/mol. The highest BCUT2D eigenvalue weighted by molar-refractivity contribution is 7.11. The minimum absolute atomic E-state index is 0.636. The molecule has 0 N–H and O–H groups in total. The third-order valence-corrected chi connectivity index (χ3v) is 6.11. The van der Waals surface area contributed by atoms with Gasteiger partial charge in [0.05, 0.1) is 18.5 Å². The highest BCUT2D eigenvalue weighted by atomic mass is 32.1. The third-order valence-electron chi connectivity index (χ3n) is 5.34. The molecule has 0 aliphatic heterocycles. The van der Waals surface area contributed by atoms with E-state index in [0.29, 0.717) is 11.8 Å². The molecule has 0 fully saturated rings. The summed E-state index contributed by atoms with van der Waals surface area (Å²) in [5.41, 5.74) is 4.95. The standard InChI is InChI=1S/C26H38N2O3S/c1-5-6-15-30-24-17-21(2)25(22(3)18-24)14-12-10-8-7-9-11-13-16-31-26-28-23(20-32-26)19-27-29-4/h5-6,17-20H,7-16H2,1-4H3/b6-5+,27-19+. The van der Waals surface area contributed by atoms with Gasteiger partial charge in [-0.05, 0) is 68.9 Å². The lowest BCUT2D eigenvalue weighted by molar-refractivity contribution is 0.215. The Balaban J connectivity index is 1.52. The van der Waals surface area contributed by atoms with Crippen LogP contribution in [0.4, 0.5) is 0 Å². The number of ether oxygens (including phenoxy) is 2. The number of thiazole rings is 1. The quantitative estimate of drug-likeness (QED) is 0.117. The fourth-order valence-corrected chi connectivity index (χ4v) is 4.26. The molecule has 0 amide bonds. The molecule has 5 nitrogen and oxygen atoms in total. The summed E-state index contributed by atoms with van der Waals surface area (Å²) in [6, 6.07) is 4.35. The third kappa shape index (κ3) is 9.86. The van der Waals surface area contributed by atoms with Gasteiger partial charge in [-0.25, -0.2) is 4.98 Å². The van der Waals surface area contributed by atoms with E-state index in [9.17, 15) is 0 Å². The van der Waals surface area contributed by atoms with Crippen molar-refractivity contribution in [3.8, 4) is 10.9 Å². The summed E-state index contributed by atoms with van der Waals surface area (Å²) in [6.45, 7) is 7.77. The Labute approximate surface area is 197 Å². The van der Waals surface area contributed by atoms with Gasteiger partial charge in [-0.15, -0.1) is 0 Å². The van der Waals surface area contributed by atoms with Crippen molar-refractivity contribution in [2.45, 2.75) is 72.1 Å². The first-order valence-electron chi connectivity index (χ1n) is 11.6. The van der Waals surface area contributed by atoms with Gasteiger partial charge in [-0.2, -0.15) is 0 Å². The highest BCUT2D eigenvalue weighted by Crippen LogP contribution is 2.24. The zero-order valence-corrected chi connectivity index (χ0v) is 20.9. The summed E-state index contributed by atoms with van der Waals surface area (Å²) in [4.78, 5) is 8.99. The molecule has 1 heterocycles. The zero-order valence-electron chi connectivity index (χ0n) is 20.1. The Morgan fingerprint density at radius 2 is 1.66 bits per heavy atom. The summed E-state index contributed by atoms with van der Waals surface area (Å²) in [5, 5.41) is 6.32. The molecular formula is C26H38N2O3S. The van der Waals surface area contributed by atoms with E-state index in [1.54, 1.807) is 6.21 Å². The second-order valence-corrected chi connectivity index (χ2v) is 8.77. The maximum atomic E-state index is 5.79. The number of hydrogen-bond acceptors (Lipinski definition) is 6. The van der Waals surface area contributed by atoms with Crippen molar-refractivity contribution in [1.29, 1.82) is 0 Å². The molecule has 2 rings (SSSR count). The topological polar surface area (TPSA) is 52.9 Å². The van der Waals surface area contributed by atoms with Crippen molar-refractivity contribution >= 4 is 17.6 Å². The molecule has 0 atom stereocenters. The monoisotopic (exact) mass is 458 g/mol. The molecular weight excluding hydrogens is 420 g/mol. The van der Waals surface area contributed by atoms with Crippen molar-refractivity contribution in [3.05, 3.63) is 52.0 Å². The smallest absolute Gasteiger partial charge is 0.273 e. The van der Waals surface area contributed by atoms with E-state index >= 15 is 0 Å². The molecule has 0 aliphatic rings. The maximum absolute atomic E-state index is 5.79. The molecule has 0 saturated carbocycles. The summed E-state index contributed by atoms with van der Waals surface area (Å²) in [7, 11) is 1.52. The minimum Gasteiger partial charge on any atom is -0.490 e. The Hall–Kier alpha value is -2.34. The van der Waals surface area contributed by atoms with E-state index in [4.69, 9.17) is 9.47 Å². The molecule has 0 aliphatic carbocycles. The molecule has 0 saturated heterocycles. The van der Waals surface area contributed by atoms with Gasteiger partial charge in [0.2, 0.25) is 0 Å². The van der Waals surface area contributed by atoms with Gasteiger partial charge in [0.15, 0.2) is 0 Å². The van der Waals surface area contributed by atoms with Gasteiger partial charge < -0.3 is 14.3 Å². The molecule has 2 aromatic rings. The molecule has 1 aromatic heterocycles. The van der Waals surface area contributed by atoms with Gasteiger partial charge in [0, 0.05) is 5.38 Å². The Kier molecular flexibility index (Phi) is 12.5. The average Bonchev–Trinajstić information content (AvgIpc) is 3.23. The largest absolute Gasteiger partial charge is 0.490 e. The number of nitrogens with zero attached hydrogens (tertiary/aromatic N) is 2. The second-order valence-electron chi connectivity index (χ2n) is 7.94. The van der Waals surface area contributed by atoms with Crippen molar-refractivity contribution < 1.29 is 14.3 Å². The van der Waals surface area contributed by atoms with E-state index in [-0.39, 0.29) is 0 Å². The van der Waals surface area contributed by atoms with E-state index < -0.39 is 0 Å². The van der Waals surface area contributed by atoms with Gasteiger partial charge in [0.1, 0.15) is 19.5 Å². The first kappa shape index (κ1) is 25.9. The lowest BCUT2D eigenvalue weighted by atomic mass is 9.96. The first-order chi connectivity index (χ1) is 15.6. The number of oxime groups is 1. The van der Waals surface area contributed by atoms with Crippen LogP contribution in [-0.2, 0) is 11.3 Å². The zero-order chi connectivity index (χ0) is 23.0. The SMILES string of the molecule is C/C=C/COc1cc(C)c(CCCCCCCCCOc2nc(/C=N/OC)cs2)c(C)c1. The van der Waals surface area contributed by atoms with Gasteiger partial charge in [-0.3, -0.25) is 0 Å². The molecule has 0 spiro atoms. The lowest BCUT2D eigenvalue weighted by Crippen LogP contribution is -1.99. The lowest BCUT2D eigenvalue weighted by Gasteiger charge is -2.13. The summed E-state index contributed by atoms with van der Waals surface area (Å²) in [5.74, 6) is 0.973. The minimum atomic E-state index is 0.636. The van der Waals surface area contributed by atoms with Gasteiger partial charge in [0.25, 0.3) is 5.19 Å². The van der Waals surface area contributed by atoms with Crippen LogP contribution in [0, 0.1) is 13.8 Å². The fourth-order valence-electron chi connectivity index (χ4n) is 3.62. The van der Waals surface area contributed by atoms with E-state index in [1.165, 1.54) is 73.7 Å². The van der Waals surface area contributed by atoms with Crippen LogP contribution in [0.2, 0.25) is 0 Å². The number of rotatable bonds is 16. The molecule has 32 heavy (non-hydrogen) atoms. The van der Waals surface area contributed by atoms with E-state index in [1.807, 2.05) is 24.5 Å². The van der Waals surface area contributed by atoms with Crippen molar-refractivity contribution in [1.82, 2.24) is 4.98 Å². The van der Waals surface area contributed by atoms with Crippen LogP contribution in [-0.4, -0.2) is 31.5 Å². The number of unbranched alkanes of at least 4 members (excludes halogenated alkanes) is 6. The molecule has 0 radical (unpaired) electrons. The predicted molar refractivity (Wildman–Crippen MR) is 134 cm³/mol. The van der Waals surface area contributed by atoms with E-state index in [0.717, 1.165) is 30.9 Å². The van der Waals surface area contributed by atoms with Gasteiger partial charge in [-0.1, -0.05) is 60.7 Å². The first-order valence-corrected chi connectivity index (χ1v) is 12.5. The Morgan fingerprint density at radius 3 is 2.34 bits per heavy atom. The number of benzene rings is 1. The fraction of sp³-hybridized carbons (Fsp3) is 0.538. The number of aromatic nitrogens is 1. The number of aryl methyl sites for hydroxylation is 2. The maximum Gasteiger partial charge on any atom is 0.273 e. The number of allylic oxidation sites excluding steroid dienone is 1. The van der Waals surface area contributed by atoms with Crippen LogP contribution in [0.15, 0.2) is 34.8 Å². The van der Waals surface area contributed by atoms with Crippen LogP contribution in [0.5, 0.6) is 10.9 Å². The Bertz CT molecular complexity index is 822. The summed E-state index contributed by atoms with van der Waals surface area (Å²) >= 11 is 1.49.